The molecule has 0 saturated carbocycles. The maximum atomic E-state index is 11.5. The van der Waals surface area contributed by atoms with Gasteiger partial charge in [-0.2, -0.15) is 0 Å². The van der Waals surface area contributed by atoms with Gasteiger partial charge >= 0.3 is 5.97 Å². The highest BCUT2D eigenvalue weighted by Crippen LogP contribution is 2.15. The van der Waals surface area contributed by atoms with E-state index in [1.165, 1.54) is 6.07 Å². The lowest BCUT2D eigenvalue weighted by Gasteiger charge is -2.07. The molecule has 17 heavy (non-hydrogen) atoms. The van der Waals surface area contributed by atoms with E-state index >= 15 is 0 Å². The van der Waals surface area contributed by atoms with E-state index in [1.807, 2.05) is 0 Å². The van der Waals surface area contributed by atoms with Crippen molar-refractivity contribution >= 4 is 33.5 Å². The Kier molecular flexibility index (Phi) is 5.69. The summed E-state index contributed by atoms with van der Waals surface area (Å²) in [5.74, 6) is -1.19. The smallest absolute Gasteiger partial charge is 0.337 e. The normalized spacial score (nSPS) is 9.94. The number of nitrogens with one attached hydrogen (secondary N) is 1. The molecule has 1 amide bonds. The Morgan fingerprint density at radius 2 is 1.94 bits per heavy atom. The number of amides is 1. The van der Waals surface area contributed by atoms with Crippen molar-refractivity contribution < 1.29 is 14.7 Å². The molecule has 0 spiro atoms. The predicted octanol–water partition coefficient (Wildman–Crippen LogP) is 2.89. The molecule has 1 rings (SSSR count). The molecule has 4 nitrogen and oxygen atoms in total. The van der Waals surface area contributed by atoms with Crippen LogP contribution in [0.4, 0.5) is 5.69 Å². The van der Waals surface area contributed by atoms with Crippen LogP contribution in [0.15, 0.2) is 24.3 Å². The van der Waals surface area contributed by atoms with Gasteiger partial charge in [0, 0.05) is 11.8 Å². The summed E-state index contributed by atoms with van der Waals surface area (Å²) in [4.78, 5) is 22.4. The summed E-state index contributed by atoms with van der Waals surface area (Å²) in [6.45, 7) is 0. The monoisotopic (exact) mass is 299 g/mol. The molecule has 0 saturated heterocycles. The molecular weight excluding hydrogens is 286 g/mol. The van der Waals surface area contributed by atoms with E-state index in [2.05, 4.69) is 21.2 Å². The number of carboxylic acids is 1. The zero-order valence-corrected chi connectivity index (χ0v) is 10.9. The number of alkyl halides is 1. The van der Waals surface area contributed by atoms with Gasteiger partial charge in [0.25, 0.3) is 0 Å². The third-order valence-electron chi connectivity index (χ3n) is 2.22. The predicted molar refractivity (Wildman–Crippen MR) is 69.7 cm³/mol. The highest BCUT2D eigenvalue weighted by Gasteiger charge is 2.10. The minimum Gasteiger partial charge on any atom is -0.478 e. The fourth-order valence-electron chi connectivity index (χ4n) is 1.37. The maximum absolute atomic E-state index is 11.5. The molecule has 0 aliphatic carbocycles. The van der Waals surface area contributed by atoms with Gasteiger partial charge in [0.2, 0.25) is 5.91 Å². The van der Waals surface area contributed by atoms with Crippen LogP contribution in [-0.4, -0.2) is 22.3 Å². The fourth-order valence-corrected chi connectivity index (χ4v) is 1.77. The molecule has 1 aromatic rings. The first kappa shape index (κ1) is 13.7. The Hall–Kier alpha value is -1.36. The van der Waals surface area contributed by atoms with Crippen molar-refractivity contribution in [3.05, 3.63) is 29.8 Å². The van der Waals surface area contributed by atoms with E-state index < -0.39 is 5.97 Å². The van der Waals surface area contributed by atoms with Crippen LogP contribution >= 0.6 is 15.9 Å². The number of rotatable bonds is 6. The standard InChI is InChI=1S/C12H14BrNO3/c13-8-4-3-7-11(15)14-10-6-2-1-5-9(10)12(16)17/h1-2,5-6H,3-4,7-8H2,(H,14,15)(H,16,17). The Labute approximate surface area is 108 Å². The average Bonchev–Trinajstić information content (AvgIpc) is 2.29. The van der Waals surface area contributed by atoms with Gasteiger partial charge in [-0.1, -0.05) is 28.1 Å². The molecule has 0 aliphatic heterocycles. The molecule has 92 valence electrons. The molecule has 0 heterocycles. The second-order valence-electron chi connectivity index (χ2n) is 3.55. The zero-order valence-electron chi connectivity index (χ0n) is 9.28. The number of hydrogen-bond acceptors (Lipinski definition) is 2. The van der Waals surface area contributed by atoms with Crippen molar-refractivity contribution in [1.29, 1.82) is 0 Å². The van der Waals surface area contributed by atoms with Gasteiger partial charge in [-0.25, -0.2) is 4.79 Å². The van der Waals surface area contributed by atoms with Gasteiger partial charge in [0.05, 0.1) is 11.3 Å². The van der Waals surface area contributed by atoms with Gasteiger partial charge in [-0.05, 0) is 25.0 Å². The number of benzene rings is 1. The summed E-state index contributed by atoms with van der Waals surface area (Å²) < 4.78 is 0. The van der Waals surface area contributed by atoms with Crippen LogP contribution in [0.3, 0.4) is 0 Å². The Morgan fingerprint density at radius 1 is 1.24 bits per heavy atom. The minimum absolute atomic E-state index is 0.112. The summed E-state index contributed by atoms with van der Waals surface area (Å²) in [5, 5.41) is 12.4. The minimum atomic E-state index is -1.04. The maximum Gasteiger partial charge on any atom is 0.337 e. The Balaban J connectivity index is 2.61. The number of carboxylic acid groups (broad SMARTS) is 1. The number of para-hydroxylation sites is 1. The molecule has 0 bridgehead atoms. The Bertz CT molecular complexity index is 406. The first-order valence-electron chi connectivity index (χ1n) is 5.33. The molecule has 0 fully saturated rings. The van der Waals surface area contributed by atoms with Crippen LogP contribution in [0.5, 0.6) is 0 Å². The highest BCUT2D eigenvalue weighted by molar-refractivity contribution is 9.09. The summed E-state index contributed by atoms with van der Waals surface area (Å²) in [6, 6.07) is 6.38. The summed E-state index contributed by atoms with van der Waals surface area (Å²) in [5.41, 5.74) is 0.463. The third-order valence-corrected chi connectivity index (χ3v) is 2.78. The number of aromatic carboxylic acids is 1. The van der Waals surface area contributed by atoms with Crippen molar-refractivity contribution in [2.45, 2.75) is 19.3 Å². The molecule has 5 heteroatoms. The number of hydrogen-bond donors (Lipinski definition) is 2. The van der Waals surface area contributed by atoms with Gasteiger partial charge in [-0.3, -0.25) is 4.79 Å². The third kappa shape index (κ3) is 4.56. The van der Waals surface area contributed by atoms with Crippen LogP contribution in [0, 0.1) is 0 Å². The summed E-state index contributed by atoms with van der Waals surface area (Å²) in [7, 11) is 0. The molecule has 0 aliphatic rings. The number of carbonyl (C=O) groups excluding carboxylic acids is 1. The lowest BCUT2D eigenvalue weighted by atomic mass is 10.1. The van der Waals surface area contributed by atoms with E-state index in [9.17, 15) is 9.59 Å². The van der Waals surface area contributed by atoms with Crippen LogP contribution < -0.4 is 5.32 Å². The van der Waals surface area contributed by atoms with Gasteiger partial charge in [0.15, 0.2) is 0 Å². The van der Waals surface area contributed by atoms with Gasteiger partial charge in [0.1, 0.15) is 0 Å². The lowest BCUT2D eigenvalue weighted by Crippen LogP contribution is -2.14. The first-order valence-corrected chi connectivity index (χ1v) is 6.45. The highest BCUT2D eigenvalue weighted by atomic mass is 79.9. The van der Waals surface area contributed by atoms with Crippen molar-refractivity contribution in [3.8, 4) is 0 Å². The van der Waals surface area contributed by atoms with Crippen molar-refractivity contribution in [2.75, 3.05) is 10.6 Å². The second-order valence-corrected chi connectivity index (χ2v) is 4.34. The van der Waals surface area contributed by atoms with E-state index in [-0.39, 0.29) is 11.5 Å². The number of carbonyl (C=O) groups is 2. The summed E-state index contributed by atoms with van der Waals surface area (Å²) in [6.07, 6.45) is 2.11. The van der Waals surface area contributed by atoms with Crippen LogP contribution in [0.25, 0.3) is 0 Å². The number of unbranched alkanes of at least 4 members (excludes halogenated alkanes) is 1. The zero-order chi connectivity index (χ0) is 12.7. The molecular formula is C12H14BrNO3. The quantitative estimate of drug-likeness (QED) is 0.627. The molecule has 1 aromatic carbocycles. The fraction of sp³-hybridized carbons (Fsp3) is 0.333. The van der Waals surface area contributed by atoms with E-state index in [0.717, 1.165) is 18.2 Å². The SMILES string of the molecule is O=C(CCCCBr)Nc1ccccc1C(=O)O. The van der Waals surface area contributed by atoms with Gasteiger partial charge in [-0.15, -0.1) is 0 Å². The molecule has 0 unspecified atom stereocenters. The van der Waals surface area contributed by atoms with Crippen LogP contribution in [0.2, 0.25) is 0 Å². The molecule has 0 radical (unpaired) electrons. The topological polar surface area (TPSA) is 66.4 Å². The van der Waals surface area contributed by atoms with Crippen molar-refractivity contribution in [2.24, 2.45) is 0 Å². The van der Waals surface area contributed by atoms with Crippen LogP contribution in [0.1, 0.15) is 29.6 Å². The van der Waals surface area contributed by atoms with E-state index in [1.54, 1.807) is 18.2 Å². The molecule has 0 aromatic heterocycles. The van der Waals surface area contributed by atoms with E-state index in [0.29, 0.717) is 12.1 Å². The average molecular weight is 300 g/mol. The van der Waals surface area contributed by atoms with Crippen molar-refractivity contribution in [1.82, 2.24) is 0 Å². The largest absolute Gasteiger partial charge is 0.478 e. The lowest BCUT2D eigenvalue weighted by molar-refractivity contribution is -0.116. The summed E-state index contributed by atoms with van der Waals surface area (Å²) >= 11 is 3.29. The second kappa shape index (κ2) is 7.06. The molecule has 2 N–H and O–H groups in total. The molecule has 0 atom stereocenters. The van der Waals surface area contributed by atoms with E-state index in [4.69, 9.17) is 5.11 Å². The van der Waals surface area contributed by atoms with Crippen LogP contribution in [-0.2, 0) is 4.79 Å². The van der Waals surface area contributed by atoms with Crippen molar-refractivity contribution in [3.63, 3.8) is 0 Å². The number of halogens is 1. The van der Waals surface area contributed by atoms with Gasteiger partial charge < -0.3 is 10.4 Å². The Morgan fingerprint density at radius 3 is 2.59 bits per heavy atom. The number of anilines is 1. The first-order chi connectivity index (χ1) is 8.15.